The van der Waals surface area contributed by atoms with Gasteiger partial charge >= 0.3 is 0 Å². The normalized spacial score (nSPS) is 31.2. The lowest BCUT2D eigenvalue weighted by Crippen LogP contribution is -2.38. The van der Waals surface area contributed by atoms with Gasteiger partial charge < -0.3 is 5.32 Å². The summed E-state index contributed by atoms with van der Waals surface area (Å²) in [6.45, 7) is 7.38. The van der Waals surface area contributed by atoms with Gasteiger partial charge in [0.15, 0.2) is 0 Å². The minimum absolute atomic E-state index is 0.622. The highest BCUT2D eigenvalue weighted by Crippen LogP contribution is 2.32. The van der Waals surface area contributed by atoms with Crippen molar-refractivity contribution in [3.05, 3.63) is 35.4 Å². The molecule has 0 radical (unpaired) electrons. The van der Waals surface area contributed by atoms with Crippen LogP contribution in [0.15, 0.2) is 24.3 Å². The molecule has 3 heterocycles. The molecule has 2 fully saturated rings. The molecule has 2 unspecified atom stereocenters. The van der Waals surface area contributed by atoms with Gasteiger partial charge in [0.25, 0.3) is 0 Å². The molecule has 4 rings (SSSR count). The number of nitrogens with zero attached hydrogens (tertiary/aromatic N) is 2. The van der Waals surface area contributed by atoms with E-state index in [1.165, 1.54) is 57.4 Å². The molecule has 0 aliphatic carbocycles. The maximum atomic E-state index is 3.60. The molecule has 1 N–H and O–H groups in total. The van der Waals surface area contributed by atoms with E-state index in [0.29, 0.717) is 6.04 Å². The Balaban J connectivity index is 1.59. The van der Waals surface area contributed by atoms with E-state index < -0.39 is 0 Å². The van der Waals surface area contributed by atoms with Gasteiger partial charge in [0.05, 0.1) is 0 Å². The Bertz CT molecular complexity index is 487. The van der Waals surface area contributed by atoms with Crippen LogP contribution < -0.4 is 5.32 Å². The third-order valence-corrected chi connectivity index (χ3v) is 5.60. The summed E-state index contributed by atoms with van der Waals surface area (Å²) in [6.07, 6.45) is 5.40. The fraction of sp³-hybridized carbons (Fsp3) is 0.667. The van der Waals surface area contributed by atoms with E-state index >= 15 is 0 Å². The first-order valence-electron chi connectivity index (χ1n) is 8.68. The van der Waals surface area contributed by atoms with E-state index in [2.05, 4.69) is 39.4 Å². The van der Waals surface area contributed by atoms with E-state index in [-0.39, 0.29) is 0 Å². The van der Waals surface area contributed by atoms with Gasteiger partial charge in [-0.2, -0.15) is 0 Å². The average Bonchev–Trinajstić information content (AvgIpc) is 2.74. The SMILES string of the molecule is c1ccc2c(c1)CNCCC2N1CCCN2CCCC2C1. The maximum absolute atomic E-state index is 3.60. The Kier molecular flexibility index (Phi) is 3.97. The summed E-state index contributed by atoms with van der Waals surface area (Å²) in [7, 11) is 0. The van der Waals surface area contributed by atoms with Crippen LogP contribution in [0.25, 0.3) is 0 Å². The molecule has 3 aliphatic heterocycles. The lowest BCUT2D eigenvalue weighted by atomic mass is 9.97. The van der Waals surface area contributed by atoms with Crippen LogP contribution >= 0.6 is 0 Å². The van der Waals surface area contributed by atoms with Crippen molar-refractivity contribution in [2.75, 3.05) is 32.7 Å². The van der Waals surface area contributed by atoms with Crippen molar-refractivity contribution < 1.29 is 0 Å². The lowest BCUT2D eigenvalue weighted by molar-refractivity contribution is 0.167. The molecular weight excluding hydrogens is 258 g/mol. The van der Waals surface area contributed by atoms with Crippen LogP contribution in [0.4, 0.5) is 0 Å². The van der Waals surface area contributed by atoms with Crippen molar-refractivity contribution in [3.8, 4) is 0 Å². The molecule has 114 valence electrons. The van der Waals surface area contributed by atoms with Gasteiger partial charge in [-0.1, -0.05) is 24.3 Å². The highest BCUT2D eigenvalue weighted by atomic mass is 15.3. The molecule has 0 saturated carbocycles. The molecule has 21 heavy (non-hydrogen) atoms. The number of fused-ring (bicyclic) bond motifs is 2. The summed E-state index contributed by atoms with van der Waals surface area (Å²) in [6, 6.07) is 10.5. The molecule has 1 aromatic carbocycles. The number of hydrogen-bond acceptors (Lipinski definition) is 3. The smallest absolute Gasteiger partial charge is 0.0364 e. The topological polar surface area (TPSA) is 18.5 Å². The van der Waals surface area contributed by atoms with Crippen LogP contribution in [-0.4, -0.2) is 48.6 Å². The molecule has 0 amide bonds. The summed E-state index contributed by atoms with van der Waals surface area (Å²) in [5.74, 6) is 0. The number of benzene rings is 1. The van der Waals surface area contributed by atoms with Crippen LogP contribution in [0, 0.1) is 0 Å². The number of nitrogens with one attached hydrogen (secondary N) is 1. The molecule has 0 spiro atoms. The first-order valence-corrected chi connectivity index (χ1v) is 8.68. The Morgan fingerprint density at radius 3 is 2.81 bits per heavy atom. The van der Waals surface area contributed by atoms with Crippen LogP contribution in [0.1, 0.15) is 42.9 Å². The quantitative estimate of drug-likeness (QED) is 0.855. The second kappa shape index (κ2) is 6.07. The van der Waals surface area contributed by atoms with E-state index in [0.717, 1.165) is 19.1 Å². The molecule has 3 heteroatoms. The molecule has 0 bridgehead atoms. The van der Waals surface area contributed by atoms with E-state index in [9.17, 15) is 0 Å². The summed E-state index contributed by atoms with van der Waals surface area (Å²) < 4.78 is 0. The maximum Gasteiger partial charge on any atom is 0.0364 e. The fourth-order valence-corrected chi connectivity index (χ4v) is 4.54. The Labute approximate surface area is 128 Å². The van der Waals surface area contributed by atoms with Gasteiger partial charge in [-0.25, -0.2) is 0 Å². The van der Waals surface area contributed by atoms with Crippen molar-refractivity contribution in [2.45, 2.75) is 44.3 Å². The van der Waals surface area contributed by atoms with Crippen molar-refractivity contribution >= 4 is 0 Å². The van der Waals surface area contributed by atoms with Crippen molar-refractivity contribution in [1.82, 2.24) is 15.1 Å². The Morgan fingerprint density at radius 2 is 1.81 bits per heavy atom. The molecule has 2 saturated heterocycles. The minimum Gasteiger partial charge on any atom is -0.313 e. The summed E-state index contributed by atoms with van der Waals surface area (Å²) in [4.78, 5) is 5.53. The van der Waals surface area contributed by atoms with E-state index in [1.807, 2.05) is 0 Å². The third-order valence-electron chi connectivity index (χ3n) is 5.60. The van der Waals surface area contributed by atoms with Gasteiger partial charge in [-0.3, -0.25) is 9.80 Å². The van der Waals surface area contributed by atoms with Crippen LogP contribution in [0.5, 0.6) is 0 Å². The predicted octanol–water partition coefficient (Wildman–Crippen LogP) is 2.39. The molecular formula is C18H27N3. The molecule has 3 aliphatic rings. The largest absolute Gasteiger partial charge is 0.313 e. The van der Waals surface area contributed by atoms with E-state index in [1.54, 1.807) is 5.56 Å². The second-order valence-corrected chi connectivity index (χ2v) is 6.86. The highest BCUT2D eigenvalue weighted by Gasteiger charge is 2.32. The summed E-state index contributed by atoms with van der Waals surface area (Å²) in [5.41, 5.74) is 3.08. The first kappa shape index (κ1) is 13.7. The van der Waals surface area contributed by atoms with Gasteiger partial charge in [0.1, 0.15) is 0 Å². The Morgan fingerprint density at radius 1 is 0.952 bits per heavy atom. The van der Waals surface area contributed by atoms with Crippen LogP contribution in [0.2, 0.25) is 0 Å². The number of rotatable bonds is 1. The fourth-order valence-electron chi connectivity index (χ4n) is 4.54. The monoisotopic (exact) mass is 285 g/mol. The number of hydrogen-bond donors (Lipinski definition) is 1. The van der Waals surface area contributed by atoms with Crippen molar-refractivity contribution in [1.29, 1.82) is 0 Å². The molecule has 2 atom stereocenters. The van der Waals surface area contributed by atoms with Crippen LogP contribution in [0.3, 0.4) is 0 Å². The zero-order chi connectivity index (χ0) is 14.1. The Hall–Kier alpha value is -0.900. The lowest BCUT2D eigenvalue weighted by Gasteiger charge is -2.33. The molecule has 3 nitrogen and oxygen atoms in total. The zero-order valence-electron chi connectivity index (χ0n) is 12.9. The van der Waals surface area contributed by atoms with E-state index in [4.69, 9.17) is 0 Å². The second-order valence-electron chi connectivity index (χ2n) is 6.86. The zero-order valence-corrected chi connectivity index (χ0v) is 12.9. The van der Waals surface area contributed by atoms with Gasteiger partial charge in [0, 0.05) is 31.7 Å². The first-order chi connectivity index (χ1) is 10.4. The minimum atomic E-state index is 0.622. The summed E-state index contributed by atoms with van der Waals surface area (Å²) >= 11 is 0. The van der Waals surface area contributed by atoms with Gasteiger partial charge in [0.2, 0.25) is 0 Å². The molecule has 1 aromatic rings. The highest BCUT2D eigenvalue weighted by molar-refractivity contribution is 5.31. The predicted molar refractivity (Wildman–Crippen MR) is 86.3 cm³/mol. The average molecular weight is 285 g/mol. The summed E-state index contributed by atoms with van der Waals surface area (Å²) in [5, 5.41) is 3.60. The molecule has 0 aromatic heterocycles. The standard InChI is InChI=1S/C18H27N3/c1-2-7-17-15(5-1)13-19-9-8-18(17)21-12-4-11-20-10-3-6-16(20)14-21/h1-2,5,7,16,18-19H,3-4,6,8-14H2. The van der Waals surface area contributed by atoms with Crippen LogP contribution in [-0.2, 0) is 6.54 Å². The van der Waals surface area contributed by atoms with Crippen molar-refractivity contribution in [3.63, 3.8) is 0 Å². The van der Waals surface area contributed by atoms with Gasteiger partial charge in [-0.15, -0.1) is 0 Å². The third kappa shape index (κ3) is 2.75. The van der Waals surface area contributed by atoms with Gasteiger partial charge in [-0.05, 0) is 56.4 Å². The van der Waals surface area contributed by atoms with Crippen molar-refractivity contribution in [2.24, 2.45) is 0 Å².